The minimum atomic E-state index is -0.421. The van der Waals surface area contributed by atoms with E-state index in [-0.39, 0.29) is 0 Å². The second-order valence-electron chi connectivity index (χ2n) is 4.69. The maximum atomic E-state index is 9.85. The Hall–Kier alpha value is -1.87. The molecule has 0 amide bonds. The Balaban J connectivity index is 2.04. The number of nitrogens with zero attached hydrogens (tertiary/aromatic N) is 1. The zero-order chi connectivity index (χ0) is 13.7. The fourth-order valence-electron chi connectivity index (χ4n) is 2.02. The van der Waals surface area contributed by atoms with Crippen LogP contribution in [0.3, 0.4) is 0 Å². The maximum Gasteiger partial charge on any atom is 0.126 e. The van der Waals surface area contributed by atoms with Gasteiger partial charge in [0.1, 0.15) is 5.82 Å². The molecule has 0 saturated heterocycles. The third-order valence-electron chi connectivity index (χ3n) is 3.21. The molecule has 0 aliphatic heterocycles. The van der Waals surface area contributed by atoms with Gasteiger partial charge in [0, 0.05) is 18.3 Å². The van der Waals surface area contributed by atoms with E-state index in [2.05, 4.69) is 22.4 Å². The normalized spacial score (nSPS) is 12.2. The number of aromatic nitrogens is 1. The highest BCUT2D eigenvalue weighted by Crippen LogP contribution is 2.21. The molecule has 19 heavy (non-hydrogen) atoms. The van der Waals surface area contributed by atoms with Gasteiger partial charge >= 0.3 is 0 Å². The first-order chi connectivity index (χ1) is 9.20. The number of hydrogen-bond acceptors (Lipinski definition) is 3. The Kier molecular flexibility index (Phi) is 4.53. The van der Waals surface area contributed by atoms with Crippen molar-refractivity contribution in [2.75, 3.05) is 5.32 Å². The van der Waals surface area contributed by atoms with Crippen LogP contribution in [0, 0.1) is 6.92 Å². The molecule has 100 valence electrons. The third kappa shape index (κ3) is 3.55. The van der Waals surface area contributed by atoms with Gasteiger partial charge in [-0.3, -0.25) is 0 Å². The predicted molar refractivity (Wildman–Crippen MR) is 78.0 cm³/mol. The molecule has 0 unspecified atom stereocenters. The van der Waals surface area contributed by atoms with Crippen molar-refractivity contribution >= 4 is 5.82 Å². The van der Waals surface area contributed by atoms with E-state index in [1.54, 1.807) is 6.20 Å². The molecule has 0 fully saturated rings. The summed E-state index contributed by atoms with van der Waals surface area (Å²) in [5.74, 6) is 0.841. The van der Waals surface area contributed by atoms with E-state index in [0.717, 1.165) is 23.5 Å². The molecule has 1 heterocycles. The Morgan fingerprint density at radius 3 is 2.63 bits per heavy atom. The first kappa shape index (κ1) is 13.6. The van der Waals surface area contributed by atoms with E-state index in [1.807, 2.05) is 38.1 Å². The number of benzene rings is 1. The Labute approximate surface area is 114 Å². The molecular formula is C16H20N2O. The molecule has 3 nitrogen and oxygen atoms in total. The highest BCUT2D eigenvalue weighted by Gasteiger charge is 2.09. The van der Waals surface area contributed by atoms with Crippen LogP contribution in [0.4, 0.5) is 5.82 Å². The monoisotopic (exact) mass is 256 g/mol. The average molecular weight is 256 g/mol. The molecule has 0 saturated carbocycles. The van der Waals surface area contributed by atoms with Crippen molar-refractivity contribution < 1.29 is 5.11 Å². The maximum absolute atomic E-state index is 9.85. The third-order valence-corrected chi connectivity index (χ3v) is 3.21. The molecule has 2 rings (SSSR count). The molecule has 0 aliphatic rings. The molecule has 2 aromatic rings. The smallest absolute Gasteiger partial charge is 0.126 e. The molecule has 2 N–H and O–H groups in total. The van der Waals surface area contributed by atoms with Crippen molar-refractivity contribution in [3.8, 4) is 0 Å². The van der Waals surface area contributed by atoms with E-state index in [9.17, 15) is 5.11 Å². The van der Waals surface area contributed by atoms with Crippen LogP contribution in [-0.2, 0) is 6.54 Å². The summed E-state index contributed by atoms with van der Waals surface area (Å²) in [6, 6.07) is 12.2. The zero-order valence-electron chi connectivity index (χ0n) is 11.4. The lowest BCUT2D eigenvalue weighted by Gasteiger charge is -2.13. The quantitative estimate of drug-likeness (QED) is 0.861. The van der Waals surface area contributed by atoms with Crippen molar-refractivity contribution in [3.05, 3.63) is 59.3 Å². The fourth-order valence-corrected chi connectivity index (χ4v) is 2.02. The van der Waals surface area contributed by atoms with Crippen LogP contribution < -0.4 is 5.32 Å². The van der Waals surface area contributed by atoms with Crippen molar-refractivity contribution in [1.82, 2.24) is 4.98 Å². The first-order valence-electron chi connectivity index (χ1n) is 6.63. The van der Waals surface area contributed by atoms with Gasteiger partial charge in [-0.25, -0.2) is 4.98 Å². The summed E-state index contributed by atoms with van der Waals surface area (Å²) in [5.41, 5.74) is 3.20. The van der Waals surface area contributed by atoms with Gasteiger partial charge in [-0.2, -0.15) is 0 Å². The SMILES string of the molecule is CC[C@H](O)c1cnc(NCc2ccccc2)cc1C. The molecule has 0 bridgehead atoms. The summed E-state index contributed by atoms with van der Waals surface area (Å²) in [6.07, 6.45) is 2.05. The number of hydrogen-bond donors (Lipinski definition) is 2. The Morgan fingerprint density at radius 1 is 1.26 bits per heavy atom. The molecular weight excluding hydrogens is 236 g/mol. The van der Waals surface area contributed by atoms with Gasteiger partial charge in [-0.05, 0) is 30.5 Å². The summed E-state index contributed by atoms with van der Waals surface area (Å²) >= 11 is 0. The van der Waals surface area contributed by atoms with Gasteiger partial charge in [0.05, 0.1) is 6.10 Å². The molecule has 0 aliphatic carbocycles. The minimum Gasteiger partial charge on any atom is -0.388 e. The van der Waals surface area contributed by atoms with E-state index in [1.165, 1.54) is 5.56 Å². The van der Waals surface area contributed by atoms with Crippen LogP contribution >= 0.6 is 0 Å². The van der Waals surface area contributed by atoms with Crippen molar-refractivity contribution in [1.29, 1.82) is 0 Å². The Bertz CT molecular complexity index is 526. The van der Waals surface area contributed by atoms with Gasteiger partial charge in [0.2, 0.25) is 0 Å². The van der Waals surface area contributed by atoms with Crippen molar-refractivity contribution in [2.24, 2.45) is 0 Å². The molecule has 0 spiro atoms. The topological polar surface area (TPSA) is 45.2 Å². The van der Waals surface area contributed by atoms with E-state index >= 15 is 0 Å². The number of rotatable bonds is 5. The first-order valence-corrected chi connectivity index (χ1v) is 6.63. The Morgan fingerprint density at radius 2 is 2.00 bits per heavy atom. The highest BCUT2D eigenvalue weighted by molar-refractivity contribution is 5.41. The van der Waals surface area contributed by atoms with Crippen LogP contribution in [-0.4, -0.2) is 10.1 Å². The van der Waals surface area contributed by atoms with Crippen LogP contribution in [0.15, 0.2) is 42.6 Å². The molecule has 1 aromatic heterocycles. The summed E-state index contributed by atoms with van der Waals surface area (Å²) < 4.78 is 0. The molecule has 3 heteroatoms. The van der Waals surface area contributed by atoms with Crippen LogP contribution in [0.5, 0.6) is 0 Å². The number of anilines is 1. The lowest BCUT2D eigenvalue weighted by molar-refractivity contribution is 0.172. The molecule has 1 aromatic carbocycles. The fraction of sp³-hybridized carbons (Fsp3) is 0.312. The number of aliphatic hydroxyl groups excluding tert-OH is 1. The van der Waals surface area contributed by atoms with Gasteiger partial charge in [0.25, 0.3) is 0 Å². The minimum absolute atomic E-state index is 0.421. The standard InChI is InChI=1S/C16H20N2O/c1-3-15(19)14-11-18-16(9-12(14)2)17-10-13-7-5-4-6-8-13/h4-9,11,15,19H,3,10H2,1-2H3,(H,17,18)/t15-/m0/s1. The van der Waals surface area contributed by atoms with E-state index in [0.29, 0.717) is 6.42 Å². The summed E-state index contributed by atoms with van der Waals surface area (Å²) in [5, 5.41) is 13.1. The van der Waals surface area contributed by atoms with Gasteiger partial charge < -0.3 is 10.4 Å². The number of pyridine rings is 1. The van der Waals surface area contributed by atoms with Crippen LogP contribution in [0.25, 0.3) is 0 Å². The predicted octanol–water partition coefficient (Wildman–Crippen LogP) is 3.45. The summed E-state index contributed by atoms with van der Waals surface area (Å²) in [4.78, 5) is 4.35. The lowest BCUT2D eigenvalue weighted by atomic mass is 10.0. The van der Waals surface area contributed by atoms with Gasteiger partial charge in [-0.15, -0.1) is 0 Å². The van der Waals surface area contributed by atoms with Crippen molar-refractivity contribution in [2.45, 2.75) is 32.9 Å². The van der Waals surface area contributed by atoms with Crippen LogP contribution in [0.1, 0.15) is 36.1 Å². The second kappa shape index (κ2) is 6.34. The van der Waals surface area contributed by atoms with Gasteiger partial charge in [0.15, 0.2) is 0 Å². The number of aliphatic hydroxyl groups is 1. The summed E-state index contributed by atoms with van der Waals surface area (Å²) in [7, 11) is 0. The molecule has 1 atom stereocenters. The number of nitrogens with one attached hydrogen (secondary N) is 1. The van der Waals surface area contributed by atoms with Crippen molar-refractivity contribution in [3.63, 3.8) is 0 Å². The lowest BCUT2D eigenvalue weighted by Crippen LogP contribution is -2.04. The zero-order valence-corrected chi connectivity index (χ0v) is 11.4. The second-order valence-corrected chi connectivity index (χ2v) is 4.69. The number of aryl methyl sites for hydroxylation is 1. The van der Waals surface area contributed by atoms with Crippen LogP contribution in [0.2, 0.25) is 0 Å². The highest BCUT2D eigenvalue weighted by atomic mass is 16.3. The van der Waals surface area contributed by atoms with E-state index in [4.69, 9.17) is 0 Å². The van der Waals surface area contributed by atoms with E-state index < -0.39 is 6.10 Å². The summed E-state index contributed by atoms with van der Waals surface area (Å²) in [6.45, 7) is 4.72. The molecule has 0 radical (unpaired) electrons. The average Bonchev–Trinajstić information content (AvgIpc) is 2.45. The largest absolute Gasteiger partial charge is 0.388 e. The van der Waals surface area contributed by atoms with Gasteiger partial charge in [-0.1, -0.05) is 37.3 Å².